The Kier molecular flexibility index (Phi) is 6.53. The monoisotopic (exact) mass is 410 g/mol. The van der Waals surface area contributed by atoms with E-state index in [1.165, 1.54) is 20.4 Å². The first kappa shape index (κ1) is 20.7. The number of carbonyl (C=O) groups is 1. The lowest BCUT2D eigenvalue weighted by atomic mass is 10.1. The molecule has 3 aromatic rings. The van der Waals surface area contributed by atoms with E-state index in [2.05, 4.69) is 20.7 Å². The van der Waals surface area contributed by atoms with Crippen molar-refractivity contribution in [2.45, 2.75) is 0 Å². The van der Waals surface area contributed by atoms with Crippen LogP contribution in [-0.2, 0) is 0 Å². The summed E-state index contributed by atoms with van der Waals surface area (Å²) in [6, 6.07) is 12.4. The van der Waals surface area contributed by atoms with E-state index in [4.69, 9.17) is 18.9 Å². The van der Waals surface area contributed by atoms with Gasteiger partial charge in [-0.1, -0.05) is 0 Å². The van der Waals surface area contributed by atoms with E-state index < -0.39 is 5.91 Å². The number of hydrogen-bond donors (Lipinski definition) is 2. The fourth-order valence-electron chi connectivity index (χ4n) is 2.72. The smallest absolute Gasteiger partial charge is 0.289 e. The number of aromatic amines is 1. The number of nitrogens with one attached hydrogen (secondary N) is 2. The second-order valence-corrected chi connectivity index (χ2v) is 6.04. The van der Waals surface area contributed by atoms with Crippen LogP contribution in [0.15, 0.2) is 47.6 Å². The molecule has 0 aliphatic rings. The summed E-state index contributed by atoms with van der Waals surface area (Å²) in [5.74, 6) is 1.87. The zero-order valence-corrected chi connectivity index (χ0v) is 17.1. The molecule has 0 saturated carbocycles. The van der Waals surface area contributed by atoms with E-state index in [1.54, 1.807) is 32.4 Å². The van der Waals surface area contributed by atoms with Crippen molar-refractivity contribution in [3.63, 3.8) is 0 Å². The molecule has 0 aliphatic heterocycles. The molecule has 0 unspecified atom stereocenters. The van der Waals surface area contributed by atoms with Crippen LogP contribution in [0.4, 0.5) is 0 Å². The number of benzene rings is 2. The molecular weight excluding hydrogens is 388 g/mol. The highest BCUT2D eigenvalue weighted by atomic mass is 16.5. The Morgan fingerprint density at radius 1 is 0.933 bits per heavy atom. The third-order valence-corrected chi connectivity index (χ3v) is 4.32. The van der Waals surface area contributed by atoms with Gasteiger partial charge in [0.1, 0.15) is 28.7 Å². The molecular formula is C21H22N4O5. The Morgan fingerprint density at radius 2 is 1.57 bits per heavy atom. The van der Waals surface area contributed by atoms with Gasteiger partial charge in [-0.25, -0.2) is 5.43 Å². The first-order chi connectivity index (χ1) is 14.6. The average molecular weight is 410 g/mol. The Morgan fingerprint density at radius 3 is 2.13 bits per heavy atom. The molecule has 1 heterocycles. The SMILES string of the molecule is COc1ccc(-c2cc(C(=O)N/N=C/c3c(OC)cc(OC)cc3OC)[nH]n2)cc1. The summed E-state index contributed by atoms with van der Waals surface area (Å²) >= 11 is 0. The van der Waals surface area contributed by atoms with Crippen molar-refractivity contribution in [2.75, 3.05) is 28.4 Å². The fourth-order valence-corrected chi connectivity index (χ4v) is 2.72. The van der Waals surface area contributed by atoms with Crippen LogP contribution in [0.25, 0.3) is 11.3 Å². The first-order valence-electron chi connectivity index (χ1n) is 8.92. The molecule has 1 aromatic heterocycles. The van der Waals surface area contributed by atoms with Gasteiger partial charge in [0.25, 0.3) is 5.91 Å². The van der Waals surface area contributed by atoms with Crippen LogP contribution >= 0.6 is 0 Å². The van der Waals surface area contributed by atoms with E-state index in [-0.39, 0.29) is 5.69 Å². The number of hydrazone groups is 1. The van der Waals surface area contributed by atoms with Crippen molar-refractivity contribution in [2.24, 2.45) is 5.10 Å². The predicted molar refractivity (Wildman–Crippen MR) is 112 cm³/mol. The Hall–Kier alpha value is -4.01. The summed E-state index contributed by atoms with van der Waals surface area (Å²) in [6.07, 6.45) is 1.44. The van der Waals surface area contributed by atoms with Gasteiger partial charge < -0.3 is 18.9 Å². The van der Waals surface area contributed by atoms with Gasteiger partial charge in [0, 0.05) is 17.7 Å². The maximum Gasteiger partial charge on any atom is 0.289 e. The number of rotatable bonds is 8. The van der Waals surface area contributed by atoms with Crippen LogP contribution < -0.4 is 24.4 Å². The molecule has 3 rings (SSSR count). The highest BCUT2D eigenvalue weighted by Crippen LogP contribution is 2.32. The lowest BCUT2D eigenvalue weighted by Crippen LogP contribution is -2.18. The summed E-state index contributed by atoms with van der Waals surface area (Å²) in [5, 5.41) is 10.9. The summed E-state index contributed by atoms with van der Waals surface area (Å²) in [6.45, 7) is 0. The number of methoxy groups -OCH3 is 4. The molecule has 1 amide bonds. The second kappa shape index (κ2) is 9.46. The molecule has 2 N–H and O–H groups in total. The standard InChI is InChI=1S/C21H22N4O5/c1-27-14-7-5-13(6-8-14)17-11-18(24-23-17)21(26)25-22-12-16-19(29-3)9-15(28-2)10-20(16)30-4/h5-12H,1-4H3,(H,23,24)(H,25,26)/b22-12+. The minimum absolute atomic E-state index is 0.270. The Labute approximate surface area is 173 Å². The number of nitrogens with zero attached hydrogens (tertiary/aromatic N) is 2. The molecule has 0 saturated heterocycles. The van der Waals surface area contributed by atoms with E-state index in [0.29, 0.717) is 28.5 Å². The Bertz CT molecular complexity index is 1020. The zero-order valence-electron chi connectivity index (χ0n) is 17.1. The summed E-state index contributed by atoms with van der Waals surface area (Å²) in [7, 11) is 6.20. The maximum absolute atomic E-state index is 12.4. The van der Waals surface area contributed by atoms with Crippen molar-refractivity contribution < 1.29 is 23.7 Å². The molecule has 0 aliphatic carbocycles. The molecule has 0 bridgehead atoms. The Balaban J connectivity index is 1.73. The molecule has 156 valence electrons. The van der Waals surface area contributed by atoms with Crippen molar-refractivity contribution in [1.29, 1.82) is 0 Å². The van der Waals surface area contributed by atoms with E-state index >= 15 is 0 Å². The molecule has 9 nitrogen and oxygen atoms in total. The minimum Gasteiger partial charge on any atom is -0.497 e. The van der Waals surface area contributed by atoms with Gasteiger partial charge in [0.05, 0.1) is 45.9 Å². The zero-order chi connectivity index (χ0) is 21.5. The van der Waals surface area contributed by atoms with Crippen molar-refractivity contribution >= 4 is 12.1 Å². The maximum atomic E-state index is 12.4. The van der Waals surface area contributed by atoms with E-state index in [9.17, 15) is 4.79 Å². The van der Waals surface area contributed by atoms with Gasteiger partial charge in [-0.2, -0.15) is 10.2 Å². The molecule has 0 atom stereocenters. The van der Waals surface area contributed by atoms with Crippen molar-refractivity contribution in [1.82, 2.24) is 15.6 Å². The summed E-state index contributed by atoms with van der Waals surface area (Å²) in [4.78, 5) is 12.4. The summed E-state index contributed by atoms with van der Waals surface area (Å²) in [5.41, 5.74) is 4.77. The van der Waals surface area contributed by atoms with Crippen LogP contribution in [-0.4, -0.2) is 50.8 Å². The van der Waals surface area contributed by atoms with Crippen molar-refractivity contribution in [3.05, 3.63) is 53.7 Å². The van der Waals surface area contributed by atoms with Crippen LogP contribution in [0.2, 0.25) is 0 Å². The number of carbonyl (C=O) groups excluding carboxylic acids is 1. The predicted octanol–water partition coefficient (Wildman–Crippen LogP) is 2.88. The largest absolute Gasteiger partial charge is 0.497 e. The number of hydrogen-bond acceptors (Lipinski definition) is 7. The molecule has 0 spiro atoms. The lowest BCUT2D eigenvalue weighted by molar-refractivity contribution is 0.0950. The van der Waals surface area contributed by atoms with Gasteiger partial charge >= 0.3 is 0 Å². The van der Waals surface area contributed by atoms with Gasteiger partial charge in [0.15, 0.2) is 0 Å². The van der Waals surface area contributed by atoms with Crippen LogP contribution in [0.5, 0.6) is 23.0 Å². The van der Waals surface area contributed by atoms with E-state index in [0.717, 1.165) is 11.3 Å². The topological polar surface area (TPSA) is 107 Å². The average Bonchev–Trinajstić information content (AvgIpc) is 3.29. The fraction of sp³-hybridized carbons (Fsp3) is 0.190. The van der Waals surface area contributed by atoms with Gasteiger partial charge in [-0.3, -0.25) is 9.89 Å². The molecule has 30 heavy (non-hydrogen) atoms. The molecule has 0 radical (unpaired) electrons. The lowest BCUT2D eigenvalue weighted by Gasteiger charge is -2.12. The van der Waals surface area contributed by atoms with Gasteiger partial charge in [-0.05, 0) is 30.3 Å². The quantitative estimate of drug-likeness (QED) is 0.437. The summed E-state index contributed by atoms with van der Waals surface area (Å²) < 4.78 is 21.1. The number of aromatic nitrogens is 2. The number of ether oxygens (including phenoxy) is 4. The van der Waals surface area contributed by atoms with Crippen LogP contribution in [0, 0.1) is 0 Å². The highest BCUT2D eigenvalue weighted by Gasteiger charge is 2.13. The minimum atomic E-state index is -0.440. The third-order valence-electron chi connectivity index (χ3n) is 4.32. The molecule has 0 fully saturated rings. The normalized spacial score (nSPS) is 10.7. The molecule has 2 aromatic carbocycles. The number of amides is 1. The highest BCUT2D eigenvalue weighted by molar-refractivity contribution is 5.95. The van der Waals surface area contributed by atoms with Crippen molar-refractivity contribution in [3.8, 4) is 34.3 Å². The third kappa shape index (κ3) is 4.52. The van der Waals surface area contributed by atoms with Crippen LogP contribution in [0.1, 0.15) is 16.1 Å². The first-order valence-corrected chi connectivity index (χ1v) is 8.92. The second-order valence-electron chi connectivity index (χ2n) is 6.04. The molecule has 9 heteroatoms. The van der Waals surface area contributed by atoms with Crippen LogP contribution in [0.3, 0.4) is 0 Å². The van der Waals surface area contributed by atoms with Gasteiger partial charge in [-0.15, -0.1) is 0 Å². The number of H-pyrrole nitrogens is 1. The van der Waals surface area contributed by atoms with E-state index in [1.807, 2.05) is 24.3 Å². The van der Waals surface area contributed by atoms with Gasteiger partial charge in [0.2, 0.25) is 0 Å².